The number of amides is 1. The number of rotatable bonds is 4. The Labute approximate surface area is 99.6 Å². The van der Waals surface area contributed by atoms with Crippen LogP contribution in [0.1, 0.15) is 23.2 Å². The lowest BCUT2D eigenvalue weighted by atomic mass is 10.1. The van der Waals surface area contributed by atoms with E-state index >= 15 is 0 Å². The summed E-state index contributed by atoms with van der Waals surface area (Å²) in [6, 6.07) is 4.06. The third-order valence-corrected chi connectivity index (χ3v) is 2.93. The third-order valence-electron chi connectivity index (χ3n) is 2.93. The van der Waals surface area contributed by atoms with Crippen molar-refractivity contribution in [2.75, 3.05) is 0 Å². The highest BCUT2D eigenvalue weighted by atomic mass is 16.3. The average molecular weight is 233 g/mol. The molecule has 1 aromatic carbocycles. The Morgan fingerprint density at radius 3 is 3.00 bits per heavy atom. The third kappa shape index (κ3) is 2.58. The van der Waals surface area contributed by atoms with Crippen molar-refractivity contribution in [3.63, 3.8) is 0 Å². The molecule has 0 bridgehead atoms. The second-order valence-corrected chi connectivity index (χ2v) is 4.30. The number of carbonyl (C=O) groups is 1. The van der Waals surface area contributed by atoms with Crippen molar-refractivity contribution < 1.29 is 15.0 Å². The van der Waals surface area contributed by atoms with Crippen LogP contribution in [0, 0.1) is 5.92 Å². The standard InChI is InChI=1S/C13H15NO3/c1-2-3-8-6-11(8)14-13(17)10-7-9(15)4-5-12(10)16/h2,4-5,7-8,11,15-16H,1,3,6H2,(H,14,17)/t8?,11-/m0/s1. The Bertz CT molecular complexity index is 456. The first-order valence-electron chi connectivity index (χ1n) is 5.55. The SMILES string of the molecule is C=CCC1C[C@@H]1NC(=O)c1cc(O)ccc1O. The highest BCUT2D eigenvalue weighted by molar-refractivity contribution is 5.97. The smallest absolute Gasteiger partial charge is 0.255 e. The van der Waals surface area contributed by atoms with E-state index in [1.807, 2.05) is 6.08 Å². The minimum atomic E-state index is -0.352. The summed E-state index contributed by atoms with van der Waals surface area (Å²) in [4.78, 5) is 11.8. The van der Waals surface area contributed by atoms with Crippen molar-refractivity contribution in [2.24, 2.45) is 5.92 Å². The fraction of sp³-hybridized carbons (Fsp3) is 0.308. The lowest BCUT2D eigenvalue weighted by molar-refractivity contribution is 0.0946. The van der Waals surface area contributed by atoms with Crippen LogP contribution in [0.3, 0.4) is 0 Å². The largest absolute Gasteiger partial charge is 0.508 e. The van der Waals surface area contributed by atoms with Gasteiger partial charge in [-0.05, 0) is 37.0 Å². The highest BCUT2D eigenvalue weighted by Gasteiger charge is 2.37. The van der Waals surface area contributed by atoms with Crippen LogP contribution in [0.15, 0.2) is 30.9 Å². The summed E-state index contributed by atoms with van der Waals surface area (Å²) in [5.41, 5.74) is 0.106. The van der Waals surface area contributed by atoms with E-state index in [9.17, 15) is 15.0 Å². The van der Waals surface area contributed by atoms with Crippen molar-refractivity contribution in [1.29, 1.82) is 0 Å². The van der Waals surface area contributed by atoms with Gasteiger partial charge in [-0.15, -0.1) is 6.58 Å². The molecule has 0 spiro atoms. The van der Waals surface area contributed by atoms with Gasteiger partial charge in [-0.25, -0.2) is 0 Å². The van der Waals surface area contributed by atoms with E-state index in [0.717, 1.165) is 12.8 Å². The lowest BCUT2D eigenvalue weighted by Gasteiger charge is -2.06. The van der Waals surface area contributed by atoms with Crippen molar-refractivity contribution in [3.8, 4) is 11.5 Å². The summed E-state index contributed by atoms with van der Waals surface area (Å²) in [7, 11) is 0. The van der Waals surface area contributed by atoms with Gasteiger partial charge in [0.1, 0.15) is 11.5 Å². The monoisotopic (exact) mass is 233 g/mol. The zero-order valence-electron chi connectivity index (χ0n) is 9.39. The highest BCUT2D eigenvalue weighted by Crippen LogP contribution is 2.34. The molecule has 0 saturated heterocycles. The second kappa shape index (κ2) is 4.49. The molecular weight excluding hydrogens is 218 g/mol. The van der Waals surface area contributed by atoms with Crippen molar-refractivity contribution in [1.82, 2.24) is 5.32 Å². The Hall–Kier alpha value is -1.97. The number of hydrogen-bond donors (Lipinski definition) is 3. The summed E-state index contributed by atoms with van der Waals surface area (Å²) in [5, 5.41) is 21.6. The van der Waals surface area contributed by atoms with Gasteiger partial charge in [-0.1, -0.05) is 6.08 Å². The van der Waals surface area contributed by atoms with Crippen LogP contribution in [0.5, 0.6) is 11.5 Å². The van der Waals surface area contributed by atoms with Gasteiger partial charge >= 0.3 is 0 Å². The van der Waals surface area contributed by atoms with Crippen molar-refractivity contribution in [2.45, 2.75) is 18.9 Å². The minimum Gasteiger partial charge on any atom is -0.508 e. The van der Waals surface area contributed by atoms with Crippen LogP contribution in [0.2, 0.25) is 0 Å². The molecule has 0 heterocycles. The molecule has 1 saturated carbocycles. The average Bonchev–Trinajstić information content (AvgIpc) is 3.00. The van der Waals surface area contributed by atoms with Gasteiger partial charge in [0.05, 0.1) is 5.56 Å². The van der Waals surface area contributed by atoms with E-state index in [2.05, 4.69) is 11.9 Å². The number of carbonyl (C=O) groups excluding carboxylic acids is 1. The second-order valence-electron chi connectivity index (χ2n) is 4.30. The molecule has 4 nitrogen and oxygen atoms in total. The van der Waals surface area contributed by atoms with E-state index in [1.165, 1.54) is 18.2 Å². The number of phenols is 2. The molecule has 3 N–H and O–H groups in total. The van der Waals surface area contributed by atoms with E-state index < -0.39 is 0 Å². The molecule has 2 rings (SSSR count). The van der Waals surface area contributed by atoms with Gasteiger partial charge < -0.3 is 15.5 Å². The quantitative estimate of drug-likeness (QED) is 0.548. The van der Waals surface area contributed by atoms with Gasteiger partial charge in [0, 0.05) is 6.04 Å². The summed E-state index contributed by atoms with van der Waals surface area (Å²) < 4.78 is 0. The Kier molecular flexibility index (Phi) is 3.04. The normalized spacial score (nSPS) is 21.9. The van der Waals surface area contributed by atoms with Crippen molar-refractivity contribution >= 4 is 5.91 Å². The topological polar surface area (TPSA) is 69.6 Å². The molecule has 0 aliphatic heterocycles. The van der Waals surface area contributed by atoms with E-state index in [1.54, 1.807) is 0 Å². The molecule has 1 aliphatic rings. The van der Waals surface area contributed by atoms with Gasteiger partial charge in [0.25, 0.3) is 5.91 Å². The molecule has 17 heavy (non-hydrogen) atoms. The van der Waals surface area contributed by atoms with Gasteiger partial charge in [0.15, 0.2) is 0 Å². The zero-order valence-corrected chi connectivity index (χ0v) is 9.39. The summed E-state index contributed by atoms with van der Waals surface area (Å²) in [6.45, 7) is 3.65. The fourth-order valence-corrected chi connectivity index (χ4v) is 1.85. The van der Waals surface area contributed by atoms with E-state index in [-0.39, 0.29) is 29.0 Å². The molecule has 1 unspecified atom stereocenters. The van der Waals surface area contributed by atoms with Crippen LogP contribution in [-0.4, -0.2) is 22.2 Å². The number of benzene rings is 1. The predicted octanol–water partition coefficient (Wildman–Crippen LogP) is 1.79. The number of allylic oxidation sites excluding steroid dienone is 1. The van der Waals surface area contributed by atoms with Crippen LogP contribution >= 0.6 is 0 Å². The van der Waals surface area contributed by atoms with Crippen LogP contribution < -0.4 is 5.32 Å². The van der Waals surface area contributed by atoms with Gasteiger partial charge in [-0.3, -0.25) is 4.79 Å². The molecule has 90 valence electrons. The molecule has 1 amide bonds. The summed E-state index contributed by atoms with van der Waals surface area (Å²) in [6.07, 6.45) is 3.66. The minimum absolute atomic E-state index is 0.0358. The van der Waals surface area contributed by atoms with E-state index in [4.69, 9.17) is 0 Å². The number of aromatic hydroxyl groups is 2. The fourth-order valence-electron chi connectivity index (χ4n) is 1.85. The molecule has 2 atom stereocenters. The van der Waals surface area contributed by atoms with Crippen LogP contribution in [0.4, 0.5) is 0 Å². The Balaban J connectivity index is 2.01. The Morgan fingerprint density at radius 2 is 2.29 bits per heavy atom. The number of nitrogens with one attached hydrogen (secondary N) is 1. The van der Waals surface area contributed by atoms with Crippen LogP contribution in [0.25, 0.3) is 0 Å². The number of phenolic OH excluding ortho intramolecular Hbond substituents is 2. The number of hydrogen-bond acceptors (Lipinski definition) is 3. The van der Waals surface area contributed by atoms with Crippen molar-refractivity contribution in [3.05, 3.63) is 36.4 Å². The molecule has 0 radical (unpaired) electrons. The first-order chi connectivity index (χ1) is 8.11. The van der Waals surface area contributed by atoms with E-state index in [0.29, 0.717) is 5.92 Å². The maximum Gasteiger partial charge on any atom is 0.255 e. The molecule has 1 aromatic rings. The summed E-state index contributed by atoms with van der Waals surface area (Å²) >= 11 is 0. The molecule has 4 heteroatoms. The van der Waals surface area contributed by atoms with Gasteiger partial charge in [-0.2, -0.15) is 0 Å². The molecule has 1 fully saturated rings. The van der Waals surface area contributed by atoms with Crippen LogP contribution in [-0.2, 0) is 0 Å². The zero-order chi connectivity index (χ0) is 12.4. The lowest BCUT2D eigenvalue weighted by Crippen LogP contribution is -2.26. The first kappa shape index (κ1) is 11.5. The maximum atomic E-state index is 11.8. The predicted molar refractivity (Wildman–Crippen MR) is 63.9 cm³/mol. The first-order valence-corrected chi connectivity index (χ1v) is 5.55. The molecule has 1 aliphatic carbocycles. The molecule has 0 aromatic heterocycles. The maximum absolute atomic E-state index is 11.8. The molecular formula is C13H15NO3. The van der Waals surface area contributed by atoms with Gasteiger partial charge in [0.2, 0.25) is 0 Å². The Morgan fingerprint density at radius 1 is 1.53 bits per heavy atom. The summed E-state index contributed by atoms with van der Waals surface area (Å²) in [5.74, 6) is -0.0570.